The van der Waals surface area contributed by atoms with Gasteiger partial charge in [-0.25, -0.2) is 0 Å². The number of carboxylic acids is 1. The van der Waals surface area contributed by atoms with E-state index in [-0.39, 0.29) is 5.76 Å². The van der Waals surface area contributed by atoms with Gasteiger partial charge >= 0.3 is 5.97 Å². The molecule has 0 saturated carbocycles. The van der Waals surface area contributed by atoms with Crippen molar-refractivity contribution in [1.29, 1.82) is 0 Å². The maximum absolute atomic E-state index is 10.4. The predicted molar refractivity (Wildman–Crippen MR) is 41.8 cm³/mol. The van der Waals surface area contributed by atoms with Crippen LogP contribution < -0.4 is 5.73 Å². The first-order chi connectivity index (χ1) is 6.02. The van der Waals surface area contributed by atoms with Gasteiger partial charge in [-0.1, -0.05) is 5.16 Å². The van der Waals surface area contributed by atoms with Crippen LogP contribution in [0.4, 0.5) is 0 Å². The number of hydrogen-bond acceptors (Lipinski definition) is 5. The molecule has 0 radical (unpaired) electrons. The summed E-state index contributed by atoms with van der Waals surface area (Å²) < 4.78 is 4.65. The standard InChI is InChI=1S/C7H10N2O4/c1-3-2-4(13-9-3)6(10)5(8)7(11)12/h2,5-6,10H,8H2,1H3,(H,11,12). The van der Waals surface area contributed by atoms with E-state index in [1.165, 1.54) is 6.07 Å². The summed E-state index contributed by atoms with van der Waals surface area (Å²) in [7, 11) is 0. The molecule has 6 heteroatoms. The minimum Gasteiger partial charge on any atom is -0.480 e. The highest BCUT2D eigenvalue weighted by atomic mass is 16.5. The molecule has 2 unspecified atom stereocenters. The maximum atomic E-state index is 10.4. The number of aliphatic carboxylic acids is 1. The minimum atomic E-state index is -1.40. The monoisotopic (exact) mass is 186 g/mol. The Morgan fingerprint density at radius 2 is 2.38 bits per heavy atom. The molecule has 6 nitrogen and oxygen atoms in total. The Morgan fingerprint density at radius 1 is 1.77 bits per heavy atom. The Hall–Kier alpha value is -1.40. The van der Waals surface area contributed by atoms with Crippen molar-refractivity contribution < 1.29 is 19.5 Å². The first-order valence-electron chi connectivity index (χ1n) is 3.62. The van der Waals surface area contributed by atoms with Gasteiger partial charge in [-0.3, -0.25) is 4.79 Å². The van der Waals surface area contributed by atoms with E-state index < -0.39 is 18.1 Å². The van der Waals surface area contributed by atoms with E-state index in [1.807, 2.05) is 0 Å². The highest BCUT2D eigenvalue weighted by Gasteiger charge is 2.26. The maximum Gasteiger partial charge on any atom is 0.323 e. The second-order valence-electron chi connectivity index (χ2n) is 2.68. The topological polar surface area (TPSA) is 110 Å². The molecular formula is C7H10N2O4. The summed E-state index contributed by atoms with van der Waals surface area (Å²) in [6.07, 6.45) is -1.36. The second-order valence-corrected chi connectivity index (χ2v) is 2.68. The molecule has 1 rings (SSSR count). The van der Waals surface area contributed by atoms with Crippen LogP contribution >= 0.6 is 0 Å². The van der Waals surface area contributed by atoms with Crippen LogP contribution in [-0.4, -0.2) is 27.4 Å². The van der Waals surface area contributed by atoms with Gasteiger partial charge in [0, 0.05) is 6.07 Å². The third-order valence-electron chi connectivity index (χ3n) is 1.56. The quantitative estimate of drug-likeness (QED) is 0.583. The van der Waals surface area contributed by atoms with Crippen LogP contribution in [-0.2, 0) is 4.79 Å². The number of hydrogen-bond donors (Lipinski definition) is 3. The Morgan fingerprint density at radius 3 is 2.77 bits per heavy atom. The lowest BCUT2D eigenvalue weighted by Crippen LogP contribution is -2.36. The molecular weight excluding hydrogens is 176 g/mol. The number of aryl methyl sites for hydroxylation is 1. The number of carbonyl (C=O) groups is 1. The van der Waals surface area contributed by atoms with Gasteiger partial charge in [0.2, 0.25) is 0 Å². The number of aromatic nitrogens is 1. The third kappa shape index (κ3) is 2.04. The molecule has 0 amide bonds. The first kappa shape index (κ1) is 9.69. The van der Waals surface area contributed by atoms with Gasteiger partial charge in [-0.15, -0.1) is 0 Å². The van der Waals surface area contributed by atoms with Gasteiger partial charge in [0.15, 0.2) is 5.76 Å². The van der Waals surface area contributed by atoms with Crippen LogP contribution in [0.25, 0.3) is 0 Å². The summed E-state index contributed by atoms with van der Waals surface area (Å²) >= 11 is 0. The van der Waals surface area contributed by atoms with Crippen molar-refractivity contribution in [2.75, 3.05) is 0 Å². The van der Waals surface area contributed by atoms with Gasteiger partial charge < -0.3 is 20.5 Å². The lowest BCUT2D eigenvalue weighted by atomic mass is 10.1. The van der Waals surface area contributed by atoms with Crippen LogP contribution in [0, 0.1) is 6.92 Å². The van der Waals surface area contributed by atoms with Gasteiger partial charge in [-0.2, -0.15) is 0 Å². The molecule has 4 N–H and O–H groups in total. The average molecular weight is 186 g/mol. The number of rotatable bonds is 3. The third-order valence-corrected chi connectivity index (χ3v) is 1.56. The Bertz CT molecular complexity index is 309. The van der Waals surface area contributed by atoms with Crippen LogP contribution in [0.1, 0.15) is 17.6 Å². The van der Waals surface area contributed by atoms with Crippen LogP contribution in [0.2, 0.25) is 0 Å². The minimum absolute atomic E-state index is 0.0624. The van der Waals surface area contributed by atoms with Crippen LogP contribution in [0.5, 0.6) is 0 Å². The van der Waals surface area contributed by atoms with E-state index >= 15 is 0 Å². The molecule has 1 aromatic rings. The Labute approximate surface area is 73.9 Å². The van der Waals surface area contributed by atoms with Gasteiger partial charge in [0.1, 0.15) is 12.1 Å². The largest absolute Gasteiger partial charge is 0.480 e. The molecule has 1 heterocycles. The lowest BCUT2D eigenvalue weighted by Gasteiger charge is -2.10. The fraction of sp³-hybridized carbons (Fsp3) is 0.429. The summed E-state index contributed by atoms with van der Waals surface area (Å²) in [6.45, 7) is 1.66. The zero-order chi connectivity index (χ0) is 10.0. The van der Waals surface area contributed by atoms with Crippen molar-refractivity contribution >= 4 is 5.97 Å². The summed E-state index contributed by atoms with van der Waals surface area (Å²) in [5.74, 6) is -1.23. The molecule has 0 aliphatic heterocycles. The summed E-state index contributed by atoms with van der Waals surface area (Å²) in [4.78, 5) is 10.4. The number of nitrogens with two attached hydrogens (primary N) is 1. The fourth-order valence-electron chi connectivity index (χ4n) is 0.835. The van der Waals surface area contributed by atoms with E-state index in [9.17, 15) is 9.90 Å². The van der Waals surface area contributed by atoms with Crippen molar-refractivity contribution in [2.24, 2.45) is 5.73 Å². The zero-order valence-electron chi connectivity index (χ0n) is 6.97. The summed E-state index contributed by atoms with van der Waals surface area (Å²) in [6, 6.07) is 0.0420. The van der Waals surface area contributed by atoms with E-state index in [4.69, 9.17) is 10.8 Å². The number of carboxylic acid groups (broad SMARTS) is 1. The molecule has 13 heavy (non-hydrogen) atoms. The molecule has 0 bridgehead atoms. The van der Waals surface area contributed by atoms with Crippen molar-refractivity contribution in [1.82, 2.24) is 5.16 Å². The zero-order valence-corrected chi connectivity index (χ0v) is 6.97. The highest BCUT2D eigenvalue weighted by Crippen LogP contribution is 2.16. The Kier molecular flexibility index (Phi) is 2.64. The number of nitrogens with zero attached hydrogens (tertiary/aromatic N) is 1. The van der Waals surface area contributed by atoms with Crippen molar-refractivity contribution in [2.45, 2.75) is 19.1 Å². The van der Waals surface area contributed by atoms with Crippen LogP contribution in [0.15, 0.2) is 10.6 Å². The Balaban J connectivity index is 2.78. The predicted octanol–water partition coefficient (Wildman–Crippen LogP) is -0.572. The molecule has 1 aromatic heterocycles. The SMILES string of the molecule is Cc1cc(C(O)C(N)C(=O)O)on1. The summed E-state index contributed by atoms with van der Waals surface area (Å²) in [5, 5.41) is 21.3. The van der Waals surface area contributed by atoms with E-state index in [1.54, 1.807) is 6.92 Å². The molecule has 0 spiro atoms. The molecule has 0 saturated heterocycles. The lowest BCUT2D eigenvalue weighted by molar-refractivity contribution is -0.141. The van der Waals surface area contributed by atoms with Crippen molar-refractivity contribution in [3.8, 4) is 0 Å². The second kappa shape index (κ2) is 3.55. The average Bonchev–Trinajstić information content (AvgIpc) is 2.49. The van der Waals surface area contributed by atoms with Gasteiger partial charge in [-0.05, 0) is 6.92 Å². The molecule has 2 atom stereocenters. The number of aliphatic hydroxyl groups is 1. The van der Waals surface area contributed by atoms with E-state index in [2.05, 4.69) is 9.68 Å². The van der Waals surface area contributed by atoms with Crippen molar-refractivity contribution in [3.63, 3.8) is 0 Å². The van der Waals surface area contributed by atoms with Crippen LogP contribution in [0.3, 0.4) is 0 Å². The van der Waals surface area contributed by atoms with E-state index in [0.717, 1.165) is 0 Å². The fourth-order valence-corrected chi connectivity index (χ4v) is 0.835. The normalized spacial score (nSPS) is 15.3. The van der Waals surface area contributed by atoms with Crippen molar-refractivity contribution in [3.05, 3.63) is 17.5 Å². The highest BCUT2D eigenvalue weighted by molar-refractivity contribution is 5.74. The first-order valence-corrected chi connectivity index (χ1v) is 3.62. The van der Waals surface area contributed by atoms with E-state index in [0.29, 0.717) is 5.69 Å². The molecule has 72 valence electrons. The molecule has 0 fully saturated rings. The van der Waals surface area contributed by atoms with Gasteiger partial charge in [0.25, 0.3) is 0 Å². The smallest absolute Gasteiger partial charge is 0.323 e. The molecule has 0 aliphatic carbocycles. The van der Waals surface area contributed by atoms with Gasteiger partial charge in [0.05, 0.1) is 5.69 Å². The molecule has 0 aliphatic rings. The summed E-state index contributed by atoms with van der Waals surface area (Å²) in [5.41, 5.74) is 5.73. The molecule has 0 aromatic carbocycles. The number of aliphatic hydroxyl groups excluding tert-OH is 1.